The Morgan fingerprint density at radius 1 is 1.18 bits per heavy atom. The molecule has 2 aromatic rings. The van der Waals surface area contributed by atoms with Crippen molar-refractivity contribution in [2.24, 2.45) is 11.8 Å². The van der Waals surface area contributed by atoms with Crippen LogP contribution in [0.5, 0.6) is 5.75 Å². The van der Waals surface area contributed by atoms with Gasteiger partial charge in [0.2, 0.25) is 0 Å². The van der Waals surface area contributed by atoms with Crippen molar-refractivity contribution in [2.75, 3.05) is 7.11 Å². The first kappa shape index (κ1) is 24.8. The molecule has 154 valence electrons. The van der Waals surface area contributed by atoms with Gasteiger partial charge in [-0.2, -0.15) is 0 Å². The molecular formula is C17H25N5O6. The van der Waals surface area contributed by atoms with Gasteiger partial charge in [0.25, 0.3) is 0 Å². The molecule has 2 rings (SSSR count). The van der Waals surface area contributed by atoms with Gasteiger partial charge in [-0.15, -0.1) is 0 Å². The minimum absolute atomic E-state index is 0. The lowest BCUT2D eigenvalue weighted by Gasteiger charge is -2.39. The summed E-state index contributed by atoms with van der Waals surface area (Å²) in [6, 6.07) is 4.90. The molecule has 11 nitrogen and oxygen atoms in total. The van der Waals surface area contributed by atoms with Crippen LogP contribution in [0.4, 0.5) is 0 Å². The van der Waals surface area contributed by atoms with Gasteiger partial charge in [0, 0.05) is 18.1 Å². The Balaban J connectivity index is 0.00000364. The van der Waals surface area contributed by atoms with Crippen LogP contribution in [0.3, 0.4) is 0 Å². The van der Waals surface area contributed by atoms with Gasteiger partial charge < -0.3 is 41.9 Å². The topological polar surface area (TPSA) is 221 Å². The summed E-state index contributed by atoms with van der Waals surface area (Å²) >= 11 is 0. The molecule has 0 aliphatic rings. The fourth-order valence-electron chi connectivity index (χ4n) is 2.71. The molecule has 0 amide bonds. The van der Waals surface area contributed by atoms with E-state index in [9.17, 15) is 24.9 Å². The number of aliphatic hydroxyl groups is 1. The van der Waals surface area contributed by atoms with Crippen molar-refractivity contribution in [3.63, 3.8) is 0 Å². The van der Waals surface area contributed by atoms with Gasteiger partial charge >= 0.3 is 0 Å². The van der Waals surface area contributed by atoms with Crippen LogP contribution in [0.1, 0.15) is 19.5 Å². The lowest BCUT2D eigenvalue weighted by Crippen LogP contribution is -2.58. The third-order valence-corrected chi connectivity index (χ3v) is 3.91. The standard InChI is InChI=1S/C17H19N3O6.2H3N/c1-9(2)12(15(21)22)17(25,16(23)24)13-11(26-3)8-19-14(20-13)10-6-4-5-7-18-10;;/h4-9,12,25H,1-3H3,(H,21,22)(H,23,24);2*1H3. The lowest BCUT2D eigenvalue weighted by molar-refractivity contribution is -0.345. The number of aromatic nitrogens is 3. The highest BCUT2D eigenvalue weighted by Gasteiger charge is 2.46. The molecule has 0 spiro atoms. The van der Waals surface area contributed by atoms with Crippen LogP contribution in [0.15, 0.2) is 30.6 Å². The minimum Gasteiger partial charge on any atom is -0.550 e. The summed E-state index contributed by atoms with van der Waals surface area (Å²) in [6.45, 7) is 2.86. The first-order valence-electron chi connectivity index (χ1n) is 7.71. The van der Waals surface area contributed by atoms with Gasteiger partial charge in [-0.1, -0.05) is 19.9 Å². The van der Waals surface area contributed by atoms with Crippen molar-refractivity contribution in [3.8, 4) is 17.3 Å². The largest absolute Gasteiger partial charge is 0.550 e. The van der Waals surface area contributed by atoms with Gasteiger partial charge in [0.15, 0.2) is 17.2 Å². The Hall–Kier alpha value is -3.15. The van der Waals surface area contributed by atoms with E-state index in [1.165, 1.54) is 27.2 Å². The summed E-state index contributed by atoms with van der Waals surface area (Å²) in [4.78, 5) is 35.5. The summed E-state index contributed by atoms with van der Waals surface area (Å²) in [5.41, 5.74) is -3.24. The van der Waals surface area contributed by atoms with Crippen molar-refractivity contribution in [1.29, 1.82) is 0 Å². The van der Waals surface area contributed by atoms with Crippen LogP contribution in [-0.4, -0.2) is 39.1 Å². The molecular weight excluding hydrogens is 370 g/mol. The molecule has 0 aromatic carbocycles. The molecule has 0 saturated heterocycles. The van der Waals surface area contributed by atoms with Crippen molar-refractivity contribution in [1.82, 2.24) is 27.3 Å². The molecule has 2 aromatic heterocycles. The van der Waals surface area contributed by atoms with E-state index in [0.717, 1.165) is 6.20 Å². The van der Waals surface area contributed by atoms with Crippen molar-refractivity contribution < 1.29 is 29.6 Å². The van der Waals surface area contributed by atoms with Gasteiger partial charge in [0.05, 0.1) is 19.3 Å². The fourth-order valence-corrected chi connectivity index (χ4v) is 2.71. The lowest BCUT2D eigenvalue weighted by atomic mass is 9.77. The molecule has 11 heteroatoms. The summed E-state index contributed by atoms with van der Waals surface area (Å²) in [7, 11) is 1.21. The minimum atomic E-state index is -3.00. The third kappa shape index (κ3) is 4.39. The maximum Gasteiger partial charge on any atom is 0.178 e. The van der Waals surface area contributed by atoms with E-state index in [-0.39, 0.29) is 23.9 Å². The second kappa shape index (κ2) is 9.69. The van der Waals surface area contributed by atoms with Gasteiger partial charge in [-0.25, -0.2) is 9.97 Å². The number of carbonyl (C=O) groups is 2. The van der Waals surface area contributed by atoms with E-state index in [4.69, 9.17) is 4.74 Å². The normalized spacial score (nSPS) is 13.5. The summed E-state index contributed by atoms with van der Waals surface area (Å²) in [6.07, 6.45) is 2.61. The average molecular weight is 395 g/mol. The summed E-state index contributed by atoms with van der Waals surface area (Å²) < 4.78 is 5.03. The van der Waals surface area contributed by atoms with Gasteiger partial charge in [-0.3, -0.25) is 4.98 Å². The third-order valence-electron chi connectivity index (χ3n) is 3.91. The molecule has 0 radical (unpaired) electrons. The Labute approximate surface area is 161 Å². The van der Waals surface area contributed by atoms with Crippen LogP contribution in [0.25, 0.3) is 11.5 Å². The average Bonchev–Trinajstić information content (AvgIpc) is 2.61. The van der Waals surface area contributed by atoms with E-state index in [2.05, 4.69) is 15.0 Å². The number of hydrogen-bond acceptors (Lipinski definition) is 9. The zero-order valence-electron chi connectivity index (χ0n) is 16.4. The van der Waals surface area contributed by atoms with Crippen LogP contribution < -0.4 is 27.3 Å². The fraction of sp³-hybridized carbons (Fsp3) is 0.353. The highest BCUT2D eigenvalue weighted by atomic mass is 16.5. The second-order valence-corrected chi connectivity index (χ2v) is 5.92. The maximum atomic E-state index is 11.8. The van der Waals surface area contributed by atoms with Crippen molar-refractivity contribution in [2.45, 2.75) is 19.4 Å². The predicted octanol–water partition coefficient (Wildman–Crippen LogP) is -0.741. The Morgan fingerprint density at radius 2 is 1.82 bits per heavy atom. The number of rotatable bonds is 7. The Kier molecular flexibility index (Phi) is 8.60. The molecule has 2 atom stereocenters. The molecule has 0 aliphatic carbocycles. The number of nitrogens with zero attached hydrogens (tertiary/aromatic N) is 3. The van der Waals surface area contributed by atoms with E-state index < -0.39 is 35.1 Å². The first-order chi connectivity index (χ1) is 12.2. The highest BCUT2D eigenvalue weighted by Crippen LogP contribution is 2.38. The zero-order chi connectivity index (χ0) is 19.5. The molecule has 28 heavy (non-hydrogen) atoms. The highest BCUT2D eigenvalue weighted by molar-refractivity contribution is 5.85. The van der Waals surface area contributed by atoms with Crippen molar-refractivity contribution in [3.05, 3.63) is 36.3 Å². The monoisotopic (exact) mass is 395 g/mol. The van der Waals surface area contributed by atoms with Gasteiger partial charge in [0.1, 0.15) is 11.4 Å². The van der Waals surface area contributed by atoms with E-state index >= 15 is 0 Å². The number of hydrogen-bond donors (Lipinski definition) is 3. The number of carboxylic acid groups (broad SMARTS) is 2. The molecule has 9 N–H and O–H groups in total. The molecule has 0 saturated carbocycles. The number of aliphatic carboxylic acids is 2. The molecule has 0 aliphatic heterocycles. The number of quaternary nitrogens is 2. The van der Waals surface area contributed by atoms with Crippen LogP contribution in [0, 0.1) is 11.8 Å². The van der Waals surface area contributed by atoms with E-state index in [1.54, 1.807) is 18.2 Å². The number of methoxy groups -OCH3 is 1. The van der Waals surface area contributed by atoms with Crippen LogP contribution in [-0.2, 0) is 15.2 Å². The number of carbonyl (C=O) groups excluding carboxylic acids is 2. The van der Waals surface area contributed by atoms with Gasteiger partial charge in [-0.05, 0) is 18.1 Å². The smallest absolute Gasteiger partial charge is 0.178 e. The molecule has 2 heterocycles. The van der Waals surface area contributed by atoms with Crippen molar-refractivity contribution >= 4 is 11.9 Å². The van der Waals surface area contributed by atoms with E-state index in [1.807, 2.05) is 0 Å². The van der Waals surface area contributed by atoms with E-state index in [0.29, 0.717) is 5.69 Å². The van der Waals surface area contributed by atoms with Crippen LogP contribution in [0.2, 0.25) is 0 Å². The first-order valence-corrected chi connectivity index (χ1v) is 7.71. The Morgan fingerprint density at radius 3 is 2.25 bits per heavy atom. The number of carboxylic acids is 2. The molecule has 0 fully saturated rings. The SMILES string of the molecule is COc1cnc(-c2ccccn2)nc1C(O)(C(=O)[O-])C(C(=O)[O-])C(C)C.[NH4+].[NH4+]. The molecule has 2 unspecified atom stereocenters. The quantitative estimate of drug-likeness (QED) is 0.536. The second-order valence-electron chi connectivity index (χ2n) is 5.92. The summed E-state index contributed by atoms with van der Waals surface area (Å²) in [5.74, 6) is -6.66. The molecule has 0 bridgehead atoms. The predicted molar refractivity (Wildman–Crippen MR) is 96.0 cm³/mol. The summed E-state index contributed by atoms with van der Waals surface area (Å²) in [5, 5.41) is 34.2. The van der Waals surface area contributed by atoms with Crippen LogP contribution >= 0.6 is 0 Å². The Bertz CT molecular complexity index is 817. The maximum absolute atomic E-state index is 11.8. The zero-order valence-corrected chi connectivity index (χ0v) is 16.4. The number of ether oxygens (including phenoxy) is 1. The number of pyridine rings is 1.